The average molecular weight is 428 g/mol. The monoisotopic (exact) mass is 428 g/mol. The number of benzene rings is 1. The van der Waals surface area contributed by atoms with Gasteiger partial charge < -0.3 is 19.8 Å². The van der Waals surface area contributed by atoms with Gasteiger partial charge in [-0.25, -0.2) is 14.8 Å². The predicted octanol–water partition coefficient (Wildman–Crippen LogP) is 4.10. The van der Waals surface area contributed by atoms with Crippen LogP contribution in [-0.4, -0.2) is 56.3 Å². The van der Waals surface area contributed by atoms with E-state index in [2.05, 4.69) is 14.5 Å². The smallest absolute Gasteiger partial charge is 0.346 e. The quantitative estimate of drug-likeness (QED) is 0.516. The molecular formula is C21H19F3N6O. The molecule has 0 bridgehead atoms. The Labute approximate surface area is 174 Å². The first-order chi connectivity index (χ1) is 14.9. The summed E-state index contributed by atoms with van der Waals surface area (Å²) in [4.78, 5) is 26.0. The van der Waals surface area contributed by atoms with E-state index in [1.165, 1.54) is 4.90 Å². The molecule has 2 N–H and O–H groups in total. The molecule has 31 heavy (non-hydrogen) atoms. The highest BCUT2D eigenvalue weighted by atomic mass is 19.4. The molecule has 160 valence electrons. The van der Waals surface area contributed by atoms with Crippen LogP contribution in [0.15, 0.2) is 48.8 Å². The van der Waals surface area contributed by atoms with Crippen molar-refractivity contribution in [2.45, 2.75) is 18.6 Å². The molecule has 1 aromatic carbocycles. The summed E-state index contributed by atoms with van der Waals surface area (Å²) in [6.07, 6.45) is -0.316. The normalized spacial score (nSPS) is 17.0. The van der Waals surface area contributed by atoms with Crippen molar-refractivity contribution in [2.24, 2.45) is 0 Å². The number of nitrogens with one attached hydrogen (secondary N) is 2. The highest BCUT2D eigenvalue weighted by molar-refractivity contribution is 6.02. The van der Waals surface area contributed by atoms with Crippen LogP contribution in [0.2, 0.25) is 0 Å². The second kappa shape index (κ2) is 7.29. The molecule has 3 aromatic heterocycles. The molecule has 0 saturated carbocycles. The van der Waals surface area contributed by atoms with Gasteiger partial charge in [0.1, 0.15) is 23.5 Å². The Morgan fingerprint density at radius 3 is 2.81 bits per heavy atom. The van der Waals surface area contributed by atoms with E-state index < -0.39 is 18.8 Å². The molecule has 1 fully saturated rings. The number of carbonyl (C=O) groups is 1. The van der Waals surface area contributed by atoms with Gasteiger partial charge >= 0.3 is 12.2 Å². The fourth-order valence-corrected chi connectivity index (χ4v) is 4.16. The maximum atomic E-state index is 12.5. The Bertz CT molecular complexity index is 1250. The molecule has 5 rings (SSSR count). The molecule has 2 amide bonds. The summed E-state index contributed by atoms with van der Waals surface area (Å²) in [6, 6.07) is 10.8. The molecule has 1 unspecified atom stereocenters. The standard InChI is InChI=1S/C21H19F3N6O/c22-21(23,24)12-27-20(31)29-9-7-14(11-29)30-17-15-6-8-25-18(15)26-10-16(17)28-19(30)13-4-2-1-3-5-13/h1-6,8,10,14H,7,9,11-12H2,(H,25,26)(H,27,31). The van der Waals surface area contributed by atoms with Crippen LogP contribution in [-0.2, 0) is 0 Å². The topological polar surface area (TPSA) is 78.8 Å². The number of hydrogen-bond donors (Lipinski definition) is 2. The Morgan fingerprint density at radius 2 is 2.03 bits per heavy atom. The van der Waals surface area contributed by atoms with Crippen molar-refractivity contribution in [3.63, 3.8) is 0 Å². The molecule has 4 aromatic rings. The molecule has 10 heteroatoms. The number of imidazole rings is 1. The number of amides is 2. The highest BCUT2D eigenvalue weighted by Gasteiger charge is 2.33. The van der Waals surface area contributed by atoms with Crippen LogP contribution in [0.1, 0.15) is 12.5 Å². The van der Waals surface area contributed by atoms with Gasteiger partial charge in [-0.1, -0.05) is 30.3 Å². The molecule has 0 spiro atoms. The Hall–Kier alpha value is -3.56. The first kappa shape index (κ1) is 19.4. The fourth-order valence-electron chi connectivity index (χ4n) is 4.16. The highest BCUT2D eigenvalue weighted by Crippen LogP contribution is 2.35. The third kappa shape index (κ3) is 3.58. The first-order valence-electron chi connectivity index (χ1n) is 9.90. The molecule has 0 aliphatic carbocycles. The summed E-state index contributed by atoms with van der Waals surface area (Å²) < 4.78 is 39.5. The molecule has 1 aliphatic heterocycles. The predicted molar refractivity (Wildman–Crippen MR) is 110 cm³/mol. The van der Waals surface area contributed by atoms with Gasteiger partial charge in [-0.3, -0.25) is 0 Å². The third-order valence-electron chi connectivity index (χ3n) is 5.52. The lowest BCUT2D eigenvalue weighted by Crippen LogP contribution is -2.42. The van der Waals surface area contributed by atoms with Gasteiger partial charge in [-0.2, -0.15) is 13.2 Å². The minimum atomic E-state index is -4.44. The Balaban J connectivity index is 1.54. The van der Waals surface area contributed by atoms with Crippen molar-refractivity contribution >= 4 is 28.1 Å². The van der Waals surface area contributed by atoms with Crippen LogP contribution in [0, 0.1) is 0 Å². The largest absolute Gasteiger partial charge is 0.405 e. The van der Waals surface area contributed by atoms with Crippen molar-refractivity contribution in [2.75, 3.05) is 19.6 Å². The molecule has 7 nitrogen and oxygen atoms in total. The molecule has 1 aliphatic rings. The number of hydrogen-bond acceptors (Lipinski definition) is 3. The molecule has 4 heterocycles. The second-order valence-corrected chi connectivity index (χ2v) is 7.57. The zero-order chi connectivity index (χ0) is 21.6. The summed E-state index contributed by atoms with van der Waals surface area (Å²) >= 11 is 0. The Morgan fingerprint density at radius 1 is 1.23 bits per heavy atom. The van der Waals surface area contributed by atoms with Gasteiger partial charge in [0.15, 0.2) is 0 Å². The summed E-state index contributed by atoms with van der Waals surface area (Å²) in [6.45, 7) is -0.682. The van der Waals surface area contributed by atoms with Crippen LogP contribution in [0.3, 0.4) is 0 Å². The lowest BCUT2D eigenvalue weighted by atomic mass is 10.1. The Kier molecular flexibility index (Phi) is 4.57. The van der Waals surface area contributed by atoms with E-state index in [0.29, 0.717) is 19.5 Å². The number of likely N-dealkylation sites (tertiary alicyclic amines) is 1. The number of pyridine rings is 1. The van der Waals surface area contributed by atoms with Crippen LogP contribution in [0.4, 0.5) is 18.0 Å². The number of alkyl halides is 3. The average Bonchev–Trinajstić information content (AvgIpc) is 3.48. The number of aromatic amines is 1. The van der Waals surface area contributed by atoms with Gasteiger partial charge in [-0.15, -0.1) is 0 Å². The van der Waals surface area contributed by atoms with E-state index in [-0.39, 0.29) is 6.04 Å². The molecule has 1 atom stereocenters. The lowest BCUT2D eigenvalue weighted by molar-refractivity contribution is -0.123. The summed E-state index contributed by atoms with van der Waals surface area (Å²) in [5.41, 5.74) is 3.27. The number of carbonyl (C=O) groups excluding carboxylic acids is 1. The van der Waals surface area contributed by atoms with Crippen molar-refractivity contribution in [3.05, 3.63) is 48.8 Å². The van der Waals surface area contributed by atoms with Crippen LogP contribution in [0.25, 0.3) is 33.5 Å². The van der Waals surface area contributed by atoms with Gasteiger partial charge in [0, 0.05) is 30.2 Å². The zero-order valence-corrected chi connectivity index (χ0v) is 16.4. The van der Waals surface area contributed by atoms with Crippen molar-refractivity contribution < 1.29 is 18.0 Å². The SMILES string of the molecule is O=C(NCC(F)(F)F)N1CCC(n2c(-c3ccccc3)nc3cnc4[nH]ccc4c32)C1. The van der Waals surface area contributed by atoms with E-state index in [1.807, 2.05) is 47.9 Å². The number of aromatic nitrogens is 4. The minimum absolute atomic E-state index is 0.127. The van der Waals surface area contributed by atoms with Crippen molar-refractivity contribution in [3.8, 4) is 11.4 Å². The summed E-state index contributed by atoms with van der Waals surface area (Å²) in [5.74, 6) is 0.744. The third-order valence-corrected chi connectivity index (χ3v) is 5.52. The molecule has 0 radical (unpaired) electrons. The van der Waals surface area contributed by atoms with Gasteiger partial charge in [-0.05, 0) is 12.5 Å². The van der Waals surface area contributed by atoms with Crippen LogP contribution < -0.4 is 5.32 Å². The van der Waals surface area contributed by atoms with E-state index in [9.17, 15) is 18.0 Å². The first-order valence-corrected chi connectivity index (χ1v) is 9.90. The van der Waals surface area contributed by atoms with Crippen LogP contribution in [0.5, 0.6) is 0 Å². The van der Waals surface area contributed by atoms with Crippen molar-refractivity contribution in [1.29, 1.82) is 0 Å². The van der Waals surface area contributed by atoms with E-state index in [1.54, 1.807) is 6.20 Å². The van der Waals surface area contributed by atoms with E-state index in [0.717, 1.165) is 33.5 Å². The number of urea groups is 1. The van der Waals surface area contributed by atoms with E-state index in [4.69, 9.17) is 4.98 Å². The van der Waals surface area contributed by atoms with Crippen molar-refractivity contribution in [1.82, 2.24) is 29.7 Å². The second-order valence-electron chi connectivity index (χ2n) is 7.57. The number of rotatable bonds is 3. The number of halogens is 3. The van der Waals surface area contributed by atoms with Gasteiger partial charge in [0.25, 0.3) is 0 Å². The maximum Gasteiger partial charge on any atom is 0.405 e. The number of H-pyrrole nitrogens is 1. The molecular weight excluding hydrogens is 409 g/mol. The fraction of sp³-hybridized carbons (Fsp3) is 0.286. The zero-order valence-electron chi connectivity index (χ0n) is 16.4. The van der Waals surface area contributed by atoms with Crippen LogP contribution >= 0.6 is 0 Å². The van der Waals surface area contributed by atoms with E-state index >= 15 is 0 Å². The lowest BCUT2D eigenvalue weighted by Gasteiger charge is -2.20. The summed E-state index contributed by atoms with van der Waals surface area (Å²) in [5, 5.41) is 2.87. The number of nitrogens with zero attached hydrogens (tertiary/aromatic N) is 4. The van der Waals surface area contributed by atoms with Gasteiger partial charge in [0.2, 0.25) is 0 Å². The maximum absolute atomic E-state index is 12.5. The molecule has 1 saturated heterocycles. The van der Waals surface area contributed by atoms with Gasteiger partial charge in [0.05, 0.1) is 17.8 Å². The number of fused-ring (bicyclic) bond motifs is 3. The minimum Gasteiger partial charge on any atom is -0.346 e. The summed E-state index contributed by atoms with van der Waals surface area (Å²) in [7, 11) is 0.